The van der Waals surface area contributed by atoms with Crippen LogP contribution in [0.5, 0.6) is 17.2 Å². The number of carbonyl (C=O) groups excluding carboxylic acids is 1. The number of aromatic hydroxyl groups is 1. The molecule has 22 heavy (non-hydrogen) atoms. The SMILES string of the molecule is COc1cc(CC[C@@H]2CC(=O)c3ccccc3O2)ccc1O. The number of carbonyl (C=O) groups is 1. The maximum Gasteiger partial charge on any atom is 0.170 e. The molecule has 0 amide bonds. The third-order valence-corrected chi connectivity index (χ3v) is 3.89. The molecule has 0 spiro atoms. The Kier molecular flexibility index (Phi) is 4.00. The van der Waals surface area contributed by atoms with Crippen LogP contribution < -0.4 is 9.47 Å². The molecule has 3 rings (SSSR count). The van der Waals surface area contributed by atoms with Gasteiger partial charge in [-0.2, -0.15) is 0 Å². The number of hydrogen-bond acceptors (Lipinski definition) is 4. The van der Waals surface area contributed by atoms with Gasteiger partial charge in [0.2, 0.25) is 0 Å². The summed E-state index contributed by atoms with van der Waals surface area (Å²) in [5.41, 5.74) is 1.72. The van der Waals surface area contributed by atoms with E-state index < -0.39 is 0 Å². The van der Waals surface area contributed by atoms with Gasteiger partial charge in [0.25, 0.3) is 0 Å². The first-order valence-corrected chi connectivity index (χ1v) is 7.32. The second kappa shape index (κ2) is 6.10. The van der Waals surface area contributed by atoms with Crippen LogP contribution in [0.25, 0.3) is 0 Å². The van der Waals surface area contributed by atoms with Gasteiger partial charge in [-0.25, -0.2) is 0 Å². The lowest BCUT2D eigenvalue weighted by Crippen LogP contribution is -2.27. The normalized spacial score (nSPS) is 16.8. The fourth-order valence-electron chi connectivity index (χ4n) is 2.70. The van der Waals surface area contributed by atoms with Crippen LogP contribution in [0, 0.1) is 0 Å². The van der Waals surface area contributed by atoms with Gasteiger partial charge in [-0.1, -0.05) is 18.2 Å². The Balaban J connectivity index is 1.67. The number of aryl methyl sites for hydroxylation is 1. The average Bonchev–Trinajstić information content (AvgIpc) is 2.54. The molecule has 1 aliphatic heterocycles. The first kappa shape index (κ1) is 14.4. The van der Waals surface area contributed by atoms with E-state index in [1.54, 1.807) is 12.1 Å². The number of rotatable bonds is 4. The van der Waals surface area contributed by atoms with Gasteiger partial charge in [0.1, 0.15) is 11.9 Å². The Morgan fingerprint density at radius 1 is 1.27 bits per heavy atom. The zero-order valence-electron chi connectivity index (χ0n) is 12.4. The summed E-state index contributed by atoms with van der Waals surface area (Å²) in [7, 11) is 1.53. The van der Waals surface area contributed by atoms with Gasteiger partial charge in [0.05, 0.1) is 12.7 Å². The van der Waals surface area contributed by atoms with Gasteiger partial charge < -0.3 is 14.6 Å². The van der Waals surface area contributed by atoms with Crippen molar-refractivity contribution in [1.82, 2.24) is 0 Å². The van der Waals surface area contributed by atoms with E-state index >= 15 is 0 Å². The van der Waals surface area contributed by atoms with E-state index in [9.17, 15) is 9.90 Å². The molecule has 1 heterocycles. The Labute approximate surface area is 129 Å². The summed E-state index contributed by atoms with van der Waals surface area (Å²) in [6, 6.07) is 12.7. The maximum atomic E-state index is 12.1. The Hall–Kier alpha value is -2.49. The highest BCUT2D eigenvalue weighted by Gasteiger charge is 2.25. The molecule has 1 atom stereocenters. The molecule has 4 nitrogen and oxygen atoms in total. The summed E-state index contributed by atoms with van der Waals surface area (Å²) in [4.78, 5) is 12.1. The molecule has 0 unspecified atom stereocenters. The van der Waals surface area contributed by atoms with Crippen molar-refractivity contribution < 1.29 is 19.4 Å². The minimum absolute atomic E-state index is 0.109. The number of fused-ring (bicyclic) bond motifs is 1. The predicted molar refractivity (Wildman–Crippen MR) is 82.8 cm³/mol. The first-order chi connectivity index (χ1) is 10.7. The topological polar surface area (TPSA) is 55.8 Å². The van der Waals surface area contributed by atoms with Crippen LogP contribution in [0.1, 0.15) is 28.8 Å². The number of methoxy groups -OCH3 is 1. The number of phenolic OH excluding ortho intramolecular Hbond substituents is 1. The molecule has 2 aromatic carbocycles. The molecular formula is C18H18O4. The van der Waals surface area contributed by atoms with Crippen molar-refractivity contribution in [1.29, 1.82) is 0 Å². The monoisotopic (exact) mass is 298 g/mol. The number of Topliss-reactive ketones (excluding diaryl/α,β-unsaturated/α-hetero) is 1. The quantitative estimate of drug-likeness (QED) is 0.940. The lowest BCUT2D eigenvalue weighted by atomic mass is 9.96. The van der Waals surface area contributed by atoms with Crippen LogP contribution in [0.15, 0.2) is 42.5 Å². The van der Waals surface area contributed by atoms with E-state index in [4.69, 9.17) is 9.47 Å². The number of ether oxygens (including phenoxy) is 2. The van der Waals surface area contributed by atoms with E-state index in [-0.39, 0.29) is 17.6 Å². The van der Waals surface area contributed by atoms with Crippen LogP contribution in [-0.2, 0) is 6.42 Å². The smallest absolute Gasteiger partial charge is 0.170 e. The van der Waals surface area contributed by atoms with Gasteiger partial charge in [-0.15, -0.1) is 0 Å². The Morgan fingerprint density at radius 3 is 2.91 bits per heavy atom. The van der Waals surface area contributed by atoms with Gasteiger partial charge >= 0.3 is 0 Å². The van der Waals surface area contributed by atoms with E-state index in [0.29, 0.717) is 23.5 Å². The van der Waals surface area contributed by atoms with Gasteiger partial charge in [-0.05, 0) is 42.7 Å². The largest absolute Gasteiger partial charge is 0.504 e. The van der Waals surface area contributed by atoms with Crippen molar-refractivity contribution in [2.45, 2.75) is 25.4 Å². The summed E-state index contributed by atoms with van der Waals surface area (Å²) < 4.78 is 11.0. The first-order valence-electron chi connectivity index (χ1n) is 7.32. The Morgan fingerprint density at radius 2 is 2.09 bits per heavy atom. The second-order valence-corrected chi connectivity index (χ2v) is 5.41. The molecule has 1 aliphatic rings. The van der Waals surface area contributed by atoms with Crippen LogP contribution in [0.3, 0.4) is 0 Å². The number of phenols is 1. The molecule has 0 radical (unpaired) electrons. The lowest BCUT2D eigenvalue weighted by molar-refractivity contribution is 0.0839. The van der Waals surface area contributed by atoms with Gasteiger partial charge in [0, 0.05) is 6.42 Å². The second-order valence-electron chi connectivity index (χ2n) is 5.41. The molecule has 0 fully saturated rings. The van der Waals surface area contributed by atoms with Crippen LogP contribution >= 0.6 is 0 Å². The minimum atomic E-state index is -0.109. The zero-order chi connectivity index (χ0) is 15.5. The van der Waals surface area contributed by atoms with Crippen molar-refractivity contribution in [2.24, 2.45) is 0 Å². The van der Waals surface area contributed by atoms with Crippen molar-refractivity contribution in [3.8, 4) is 17.2 Å². The van der Waals surface area contributed by atoms with E-state index in [0.717, 1.165) is 18.4 Å². The van der Waals surface area contributed by atoms with Crippen LogP contribution in [0.4, 0.5) is 0 Å². The summed E-state index contributed by atoms with van der Waals surface area (Å²) in [6.45, 7) is 0. The van der Waals surface area contributed by atoms with Crippen molar-refractivity contribution in [3.63, 3.8) is 0 Å². The molecule has 0 bridgehead atoms. The summed E-state index contributed by atoms with van der Waals surface area (Å²) in [6.07, 6.45) is 1.80. The van der Waals surface area contributed by atoms with E-state index in [1.165, 1.54) is 7.11 Å². The highest BCUT2D eigenvalue weighted by molar-refractivity contribution is 5.99. The lowest BCUT2D eigenvalue weighted by Gasteiger charge is -2.25. The standard InChI is InChI=1S/C18H18O4/c1-21-18-10-12(7-9-15(18)19)6-8-13-11-16(20)14-4-2-3-5-17(14)22-13/h2-5,7,9-10,13,19H,6,8,11H2,1H3/t13-/m1/s1. The fraction of sp³-hybridized carbons (Fsp3) is 0.278. The molecular weight excluding hydrogens is 280 g/mol. The zero-order valence-corrected chi connectivity index (χ0v) is 12.4. The third kappa shape index (κ3) is 2.91. The number of ketones is 1. The molecule has 0 aromatic heterocycles. The van der Waals surface area contributed by atoms with Crippen LogP contribution in [-0.4, -0.2) is 24.1 Å². The van der Waals surface area contributed by atoms with Crippen molar-refractivity contribution in [3.05, 3.63) is 53.6 Å². The molecule has 1 N–H and O–H groups in total. The van der Waals surface area contributed by atoms with Crippen LogP contribution in [0.2, 0.25) is 0 Å². The van der Waals surface area contributed by atoms with Crippen molar-refractivity contribution >= 4 is 5.78 Å². The molecule has 0 saturated carbocycles. The number of hydrogen-bond donors (Lipinski definition) is 1. The van der Waals surface area contributed by atoms with Gasteiger partial charge in [-0.3, -0.25) is 4.79 Å². The van der Waals surface area contributed by atoms with Gasteiger partial charge in [0.15, 0.2) is 17.3 Å². The highest BCUT2D eigenvalue weighted by atomic mass is 16.5. The summed E-state index contributed by atoms with van der Waals surface area (Å²) in [5, 5.41) is 9.60. The number of para-hydroxylation sites is 1. The van der Waals surface area contributed by atoms with Crippen molar-refractivity contribution in [2.75, 3.05) is 7.11 Å². The molecule has 4 heteroatoms. The average molecular weight is 298 g/mol. The molecule has 2 aromatic rings. The number of benzene rings is 2. The molecule has 114 valence electrons. The van der Waals surface area contributed by atoms with E-state index in [2.05, 4.69) is 0 Å². The molecule has 0 saturated heterocycles. The third-order valence-electron chi connectivity index (χ3n) is 3.89. The highest BCUT2D eigenvalue weighted by Crippen LogP contribution is 2.30. The maximum absolute atomic E-state index is 12.1. The Bertz CT molecular complexity index is 693. The van der Waals surface area contributed by atoms with E-state index in [1.807, 2.05) is 30.3 Å². The predicted octanol–water partition coefficient (Wildman–Crippen LogP) is 3.37. The minimum Gasteiger partial charge on any atom is -0.504 e. The summed E-state index contributed by atoms with van der Waals surface area (Å²) >= 11 is 0. The molecule has 0 aliphatic carbocycles. The fourth-order valence-corrected chi connectivity index (χ4v) is 2.70. The summed E-state index contributed by atoms with van der Waals surface area (Å²) in [5.74, 6) is 1.40.